The Kier molecular flexibility index (Phi) is 5.64. The van der Waals surface area contributed by atoms with Crippen molar-refractivity contribution in [3.63, 3.8) is 0 Å². The number of carbonyl (C=O) groups excluding carboxylic acids is 2. The molecule has 1 aliphatic rings. The summed E-state index contributed by atoms with van der Waals surface area (Å²) in [5, 5.41) is 9.89. The fourth-order valence-corrected chi connectivity index (χ4v) is 3.96. The van der Waals surface area contributed by atoms with Crippen LogP contribution in [0.3, 0.4) is 0 Å². The van der Waals surface area contributed by atoms with E-state index in [9.17, 15) is 15.0 Å². The van der Waals surface area contributed by atoms with E-state index in [2.05, 4.69) is 5.87 Å². The number of hydrogen-bond donors (Lipinski definition) is 0. The lowest BCUT2D eigenvalue weighted by atomic mass is 9.80. The van der Waals surface area contributed by atoms with E-state index in [0.717, 1.165) is 11.1 Å². The lowest BCUT2D eigenvalue weighted by molar-refractivity contribution is -0.712. The first-order chi connectivity index (χ1) is 14.7. The van der Waals surface area contributed by atoms with Crippen LogP contribution in [0.2, 0.25) is 0 Å². The Morgan fingerprint density at radius 1 is 0.867 bits per heavy atom. The van der Waals surface area contributed by atoms with Crippen LogP contribution < -0.4 is 4.57 Å². The number of rotatable bonds is 5. The summed E-state index contributed by atoms with van der Waals surface area (Å²) in [5.41, 5.74) is 1.90. The van der Waals surface area contributed by atoms with Crippen molar-refractivity contribution >= 4 is 17.7 Å². The molecule has 0 bridgehead atoms. The lowest BCUT2D eigenvalue weighted by Gasteiger charge is -2.35. The van der Waals surface area contributed by atoms with Crippen molar-refractivity contribution in [1.82, 2.24) is 4.90 Å². The number of imide groups is 1. The number of benzene rings is 2. The third-order valence-electron chi connectivity index (χ3n) is 5.43. The SMILES string of the molecule is [N-]=C=C1C(=O)N(CCc2ccccc2)C(=O)C([n+]2ccccc2)C1c1ccccc1. The van der Waals surface area contributed by atoms with Crippen molar-refractivity contribution in [3.05, 3.63) is 113 Å². The van der Waals surface area contributed by atoms with Gasteiger partial charge in [0.05, 0.1) is 11.5 Å². The fraction of sp³-hybridized carbons (Fsp3) is 0.160. The molecule has 1 aromatic heterocycles. The predicted octanol–water partition coefficient (Wildman–Crippen LogP) is 3.08. The zero-order valence-electron chi connectivity index (χ0n) is 16.4. The highest BCUT2D eigenvalue weighted by Crippen LogP contribution is 2.37. The smallest absolute Gasteiger partial charge is 0.299 e. The molecule has 148 valence electrons. The van der Waals surface area contributed by atoms with Gasteiger partial charge in [0.1, 0.15) is 0 Å². The van der Waals surface area contributed by atoms with Crippen molar-refractivity contribution < 1.29 is 14.2 Å². The first-order valence-corrected chi connectivity index (χ1v) is 9.88. The summed E-state index contributed by atoms with van der Waals surface area (Å²) in [4.78, 5) is 28.0. The van der Waals surface area contributed by atoms with E-state index >= 15 is 0 Å². The van der Waals surface area contributed by atoms with Crippen LogP contribution in [0.1, 0.15) is 23.1 Å². The van der Waals surface area contributed by atoms with E-state index in [-0.39, 0.29) is 18.0 Å². The number of likely N-dealkylation sites (tertiary alicyclic amines) is 1. The summed E-state index contributed by atoms with van der Waals surface area (Å²) in [6.07, 6.45) is 4.15. The van der Waals surface area contributed by atoms with Gasteiger partial charge in [-0.05, 0) is 17.5 Å². The van der Waals surface area contributed by atoms with Crippen molar-refractivity contribution in [1.29, 1.82) is 0 Å². The standard InChI is InChI=1S/C25H21N3O2/c26-18-21-22(20-12-6-2-7-13-20)23(27-15-8-3-9-16-27)25(30)28(24(21)29)17-14-19-10-4-1-5-11-19/h1-13,15-16,22-23H,14,17H2. The Hall–Kier alpha value is -3.82. The molecule has 5 nitrogen and oxygen atoms in total. The first kappa shape index (κ1) is 19.5. The second-order valence-corrected chi connectivity index (χ2v) is 7.21. The number of amides is 2. The minimum atomic E-state index is -0.697. The van der Waals surface area contributed by atoms with Crippen molar-refractivity contribution in [2.45, 2.75) is 18.4 Å². The summed E-state index contributed by atoms with van der Waals surface area (Å²) < 4.78 is 1.79. The van der Waals surface area contributed by atoms with E-state index in [1.165, 1.54) is 4.90 Å². The highest BCUT2D eigenvalue weighted by atomic mass is 16.2. The van der Waals surface area contributed by atoms with Gasteiger partial charge in [-0.15, -0.1) is 0 Å². The quantitative estimate of drug-likeness (QED) is 0.288. The monoisotopic (exact) mass is 395 g/mol. The molecule has 0 saturated carbocycles. The molecule has 4 rings (SSSR count). The van der Waals surface area contributed by atoms with Crippen LogP contribution in [0.5, 0.6) is 0 Å². The van der Waals surface area contributed by atoms with Crippen LogP contribution in [-0.2, 0) is 16.0 Å². The molecule has 1 aliphatic heterocycles. The largest absolute Gasteiger partial charge is 0.763 e. The maximum atomic E-state index is 13.6. The fourth-order valence-electron chi connectivity index (χ4n) is 3.96. The third-order valence-corrected chi connectivity index (χ3v) is 5.43. The van der Waals surface area contributed by atoms with E-state index in [1.54, 1.807) is 17.0 Å². The molecule has 1 saturated heterocycles. The Bertz CT molecular complexity index is 1090. The second-order valence-electron chi connectivity index (χ2n) is 7.21. The van der Waals surface area contributed by atoms with Crippen LogP contribution in [0.25, 0.3) is 5.41 Å². The van der Waals surface area contributed by atoms with Crippen LogP contribution in [0.15, 0.2) is 96.8 Å². The van der Waals surface area contributed by atoms with Gasteiger partial charge < -0.3 is 5.41 Å². The number of carbonyl (C=O) groups is 2. The Labute approximate surface area is 175 Å². The Balaban J connectivity index is 1.75. The summed E-state index contributed by atoms with van der Waals surface area (Å²) in [6, 6.07) is 23.9. The van der Waals surface area contributed by atoms with Gasteiger partial charge in [0.15, 0.2) is 12.4 Å². The van der Waals surface area contributed by atoms with Gasteiger partial charge in [-0.25, -0.2) is 0 Å². The Morgan fingerprint density at radius 2 is 1.47 bits per heavy atom. The highest BCUT2D eigenvalue weighted by Gasteiger charge is 2.50. The van der Waals surface area contributed by atoms with Crippen LogP contribution >= 0.6 is 0 Å². The second kappa shape index (κ2) is 8.68. The van der Waals surface area contributed by atoms with Gasteiger partial charge in [0.2, 0.25) is 6.04 Å². The molecular weight excluding hydrogens is 374 g/mol. The molecule has 30 heavy (non-hydrogen) atoms. The summed E-state index contributed by atoms with van der Waals surface area (Å²) >= 11 is 0. The van der Waals surface area contributed by atoms with Gasteiger partial charge in [-0.1, -0.05) is 66.7 Å². The minimum absolute atomic E-state index is 0.0928. The van der Waals surface area contributed by atoms with Crippen LogP contribution in [0.4, 0.5) is 0 Å². The predicted molar refractivity (Wildman–Crippen MR) is 114 cm³/mol. The molecule has 2 heterocycles. The molecule has 1 fully saturated rings. The number of piperidine rings is 1. The molecule has 2 aromatic carbocycles. The van der Waals surface area contributed by atoms with Crippen molar-refractivity contribution in [3.8, 4) is 0 Å². The zero-order chi connectivity index (χ0) is 20.9. The highest BCUT2D eigenvalue weighted by molar-refractivity contribution is 6.14. The summed E-state index contributed by atoms with van der Waals surface area (Å²) in [5.74, 6) is 0.691. The molecule has 2 unspecified atom stereocenters. The van der Waals surface area contributed by atoms with Crippen LogP contribution in [0, 0.1) is 0 Å². The van der Waals surface area contributed by atoms with E-state index in [1.807, 2.05) is 78.9 Å². The maximum Gasteiger partial charge on any atom is 0.299 e. The molecule has 2 amide bonds. The number of hydrogen-bond acceptors (Lipinski definition) is 2. The van der Waals surface area contributed by atoms with E-state index < -0.39 is 17.9 Å². The normalized spacial score (nSPS) is 18.9. The van der Waals surface area contributed by atoms with Crippen molar-refractivity contribution in [2.24, 2.45) is 0 Å². The maximum absolute atomic E-state index is 13.6. The minimum Gasteiger partial charge on any atom is -0.763 e. The van der Waals surface area contributed by atoms with E-state index in [4.69, 9.17) is 0 Å². The average Bonchev–Trinajstić information content (AvgIpc) is 2.80. The van der Waals surface area contributed by atoms with Gasteiger partial charge in [-0.2, -0.15) is 4.57 Å². The zero-order valence-corrected chi connectivity index (χ0v) is 16.4. The lowest BCUT2D eigenvalue weighted by Crippen LogP contribution is -2.58. The number of pyridine rings is 1. The third kappa shape index (κ3) is 3.71. The summed E-state index contributed by atoms with van der Waals surface area (Å²) in [6.45, 7) is 0.234. The molecule has 0 radical (unpaired) electrons. The van der Waals surface area contributed by atoms with Gasteiger partial charge >= 0.3 is 0 Å². The molecule has 0 aliphatic carbocycles. The molecule has 2 atom stereocenters. The first-order valence-electron chi connectivity index (χ1n) is 9.88. The molecule has 5 heteroatoms. The molecular formula is C25H21N3O2. The average molecular weight is 395 g/mol. The van der Waals surface area contributed by atoms with Crippen molar-refractivity contribution in [2.75, 3.05) is 6.54 Å². The number of aromatic nitrogens is 1. The number of nitrogens with zero attached hydrogens (tertiary/aromatic N) is 3. The Morgan fingerprint density at radius 3 is 2.10 bits per heavy atom. The summed E-state index contributed by atoms with van der Waals surface area (Å²) in [7, 11) is 0. The molecule has 0 spiro atoms. The van der Waals surface area contributed by atoms with Gasteiger partial charge in [-0.3, -0.25) is 20.4 Å². The van der Waals surface area contributed by atoms with Gasteiger partial charge in [0.25, 0.3) is 11.8 Å². The van der Waals surface area contributed by atoms with Crippen LogP contribution in [-0.4, -0.2) is 29.1 Å². The van der Waals surface area contributed by atoms with Gasteiger partial charge in [0, 0.05) is 18.7 Å². The molecule has 0 N–H and O–H groups in total. The topological polar surface area (TPSA) is 63.6 Å². The van der Waals surface area contributed by atoms with E-state index in [0.29, 0.717) is 6.42 Å². The molecule has 3 aromatic rings.